The first-order valence-electron chi connectivity index (χ1n) is 7.79. The highest BCUT2D eigenvalue weighted by Gasteiger charge is 2.28. The van der Waals surface area contributed by atoms with Gasteiger partial charge in [0.25, 0.3) is 5.91 Å². The van der Waals surface area contributed by atoms with Crippen LogP contribution in [0.25, 0.3) is 0 Å². The summed E-state index contributed by atoms with van der Waals surface area (Å²) < 4.78 is 26.8. The van der Waals surface area contributed by atoms with E-state index in [9.17, 15) is 13.2 Å². The van der Waals surface area contributed by atoms with Crippen LogP contribution in [-0.2, 0) is 10.0 Å². The van der Waals surface area contributed by atoms with Gasteiger partial charge in [-0.05, 0) is 55.7 Å². The number of amides is 1. The quantitative estimate of drug-likeness (QED) is 0.838. The number of carbonyl (C=O) groups is 1. The lowest BCUT2D eigenvalue weighted by Crippen LogP contribution is -2.27. The molecule has 1 aliphatic carbocycles. The highest BCUT2D eigenvalue weighted by atomic mass is 32.2. The fraction of sp³-hybridized carbons (Fsp3) is 0.294. The lowest BCUT2D eigenvalue weighted by molar-refractivity contribution is 0.0939. The summed E-state index contributed by atoms with van der Waals surface area (Å²) in [5.41, 5.74) is 1.31. The smallest absolute Gasteiger partial charge is 0.251 e. The summed E-state index contributed by atoms with van der Waals surface area (Å²) >= 11 is 0. The van der Waals surface area contributed by atoms with Crippen LogP contribution in [0.5, 0.6) is 0 Å². The van der Waals surface area contributed by atoms with Gasteiger partial charge in [0.1, 0.15) is 0 Å². The van der Waals surface area contributed by atoms with Crippen molar-refractivity contribution in [3.63, 3.8) is 0 Å². The summed E-state index contributed by atoms with van der Waals surface area (Å²) in [7, 11) is -3.50. The van der Waals surface area contributed by atoms with Crippen molar-refractivity contribution in [2.75, 3.05) is 0 Å². The molecule has 1 saturated carbocycles. The van der Waals surface area contributed by atoms with Crippen LogP contribution < -0.4 is 10.0 Å². The van der Waals surface area contributed by atoms with E-state index < -0.39 is 10.0 Å². The van der Waals surface area contributed by atoms with Gasteiger partial charge in [0.05, 0.1) is 10.9 Å². The van der Waals surface area contributed by atoms with Gasteiger partial charge in [0.2, 0.25) is 10.0 Å². The van der Waals surface area contributed by atoms with Gasteiger partial charge in [-0.1, -0.05) is 6.07 Å². The number of nitrogens with one attached hydrogen (secondary N) is 2. The molecule has 0 radical (unpaired) electrons. The molecule has 3 rings (SSSR count). The number of carbonyl (C=O) groups excluding carboxylic acids is 1. The molecule has 1 aliphatic rings. The second kappa shape index (κ2) is 6.70. The fourth-order valence-electron chi connectivity index (χ4n) is 2.27. The molecule has 0 aliphatic heterocycles. The molecule has 0 saturated heterocycles. The van der Waals surface area contributed by atoms with E-state index in [4.69, 9.17) is 0 Å². The molecule has 126 valence electrons. The number of rotatable bonds is 6. The minimum absolute atomic E-state index is 0.0540. The molecule has 1 aromatic carbocycles. The molecule has 1 amide bonds. The fourth-order valence-corrected chi connectivity index (χ4v) is 3.57. The summed E-state index contributed by atoms with van der Waals surface area (Å²) in [6, 6.07) is 9.51. The van der Waals surface area contributed by atoms with Gasteiger partial charge in [-0.25, -0.2) is 13.1 Å². The van der Waals surface area contributed by atoms with Gasteiger partial charge in [-0.2, -0.15) is 0 Å². The first-order valence-corrected chi connectivity index (χ1v) is 9.27. The second-order valence-corrected chi connectivity index (χ2v) is 7.62. The Labute approximate surface area is 141 Å². The van der Waals surface area contributed by atoms with Crippen LogP contribution in [0.1, 0.15) is 41.7 Å². The van der Waals surface area contributed by atoms with Crippen molar-refractivity contribution in [1.82, 2.24) is 15.0 Å². The van der Waals surface area contributed by atoms with E-state index in [0.29, 0.717) is 5.56 Å². The van der Waals surface area contributed by atoms with Crippen LogP contribution in [0, 0.1) is 0 Å². The van der Waals surface area contributed by atoms with Crippen molar-refractivity contribution in [2.45, 2.75) is 36.7 Å². The molecular formula is C17H19N3O3S. The van der Waals surface area contributed by atoms with Gasteiger partial charge < -0.3 is 5.32 Å². The average molecular weight is 345 g/mol. The molecule has 6 nitrogen and oxygen atoms in total. The Morgan fingerprint density at radius 2 is 1.92 bits per heavy atom. The summed E-state index contributed by atoms with van der Waals surface area (Å²) in [6.07, 6.45) is 5.13. The second-order valence-electron chi connectivity index (χ2n) is 5.90. The number of nitrogens with zero attached hydrogens (tertiary/aromatic N) is 1. The van der Waals surface area contributed by atoms with Crippen molar-refractivity contribution < 1.29 is 13.2 Å². The van der Waals surface area contributed by atoms with Crippen LogP contribution in [0.3, 0.4) is 0 Å². The van der Waals surface area contributed by atoms with Crippen molar-refractivity contribution in [3.8, 4) is 0 Å². The Hall–Kier alpha value is -2.25. The maximum Gasteiger partial charge on any atom is 0.251 e. The lowest BCUT2D eigenvalue weighted by atomic mass is 10.1. The monoisotopic (exact) mass is 345 g/mol. The van der Waals surface area contributed by atoms with Crippen LogP contribution in [0.4, 0.5) is 0 Å². The van der Waals surface area contributed by atoms with E-state index in [0.717, 1.165) is 18.4 Å². The maximum absolute atomic E-state index is 12.3. The Kier molecular flexibility index (Phi) is 4.64. The van der Waals surface area contributed by atoms with E-state index in [-0.39, 0.29) is 22.9 Å². The third kappa shape index (κ3) is 3.98. The van der Waals surface area contributed by atoms with Crippen molar-refractivity contribution >= 4 is 15.9 Å². The minimum atomic E-state index is -3.50. The Bertz CT molecular complexity index is 816. The van der Waals surface area contributed by atoms with E-state index in [1.54, 1.807) is 12.4 Å². The normalized spacial score (nSPS) is 15.7. The number of hydrogen-bond donors (Lipinski definition) is 2. The molecule has 1 aromatic heterocycles. The van der Waals surface area contributed by atoms with E-state index in [1.165, 1.54) is 24.3 Å². The van der Waals surface area contributed by atoms with E-state index >= 15 is 0 Å². The van der Waals surface area contributed by atoms with Gasteiger partial charge in [0, 0.05) is 24.0 Å². The van der Waals surface area contributed by atoms with Crippen LogP contribution in [-0.4, -0.2) is 25.4 Å². The zero-order valence-corrected chi connectivity index (χ0v) is 14.1. The first-order chi connectivity index (χ1) is 11.5. The number of hydrogen-bond acceptors (Lipinski definition) is 4. The highest BCUT2D eigenvalue weighted by molar-refractivity contribution is 7.89. The molecule has 1 fully saturated rings. The third-order valence-electron chi connectivity index (χ3n) is 3.86. The number of benzene rings is 1. The van der Waals surface area contributed by atoms with E-state index in [1.807, 2.05) is 19.1 Å². The first kappa shape index (κ1) is 16.6. The Morgan fingerprint density at radius 3 is 2.50 bits per heavy atom. The number of sulfonamides is 1. The SMILES string of the molecule is CC(NC(=O)c1ccc(S(=O)(=O)NC2CC2)cc1)c1cccnc1. The van der Waals surface area contributed by atoms with Crippen LogP contribution >= 0.6 is 0 Å². The topological polar surface area (TPSA) is 88.2 Å². The molecular weight excluding hydrogens is 326 g/mol. The van der Waals surface area contributed by atoms with Crippen molar-refractivity contribution in [2.24, 2.45) is 0 Å². The maximum atomic E-state index is 12.3. The standard InChI is InChI=1S/C17H19N3O3S/c1-12(14-3-2-10-18-11-14)19-17(21)13-4-8-16(9-5-13)24(22,23)20-15-6-7-15/h2-5,8-12,15,20H,6-7H2,1H3,(H,19,21). The average Bonchev–Trinajstić information content (AvgIpc) is 3.39. The van der Waals surface area contributed by atoms with Crippen LogP contribution in [0.15, 0.2) is 53.7 Å². The Morgan fingerprint density at radius 1 is 1.21 bits per heavy atom. The molecule has 1 atom stereocenters. The van der Waals surface area contributed by atoms with Crippen molar-refractivity contribution in [1.29, 1.82) is 0 Å². The molecule has 2 aromatic rings. The molecule has 1 heterocycles. The predicted octanol–water partition coefficient (Wildman–Crippen LogP) is 2.01. The minimum Gasteiger partial charge on any atom is -0.345 e. The Balaban J connectivity index is 1.67. The van der Waals surface area contributed by atoms with E-state index in [2.05, 4.69) is 15.0 Å². The zero-order chi connectivity index (χ0) is 17.2. The highest BCUT2D eigenvalue weighted by Crippen LogP contribution is 2.22. The van der Waals surface area contributed by atoms with Gasteiger partial charge in [0.15, 0.2) is 0 Å². The number of aromatic nitrogens is 1. The third-order valence-corrected chi connectivity index (χ3v) is 5.39. The summed E-state index contributed by atoms with van der Waals surface area (Å²) in [5, 5.41) is 2.87. The molecule has 2 N–H and O–H groups in total. The molecule has 0 spiro atoms. The van der Waals surface area contributed by atoms with Crippen LogP contribution in [0.2, 0.25) is 0 Å². The molecule has 1 unspecified atom stereocenters. The lowest BCUT2D eigenvalue weighted by Gasteiger charge is -2.14. The molecule has 0 bridgehead atoms. The summed E-state index contributed by atoms with van der Waals surface area (Å²) in [5.74, 6) is -0.259. The van der Waals surface area contributed by atoms with Gasteiger partial charge in [-0.15, -0.1) is 0 Å². The molecule has 7 heteroatoms. The van der Waals surface area contributed by atoms with Gasteiger partial charge >= 0.3 is 0 Å². The largest absolute Gasteiger partial charge is 0.345 e. The predicted molar refractivity (Wildman–Crippen MR) is 89.9 cm³/mol. The number of pyridine rings is 1. The zero-order valence-electron chi connectivity index (χ0n) is 13.3. The molecule has 24 heavy (non-hydrogen) atoms. The van der Waals surface area contributed by atoms with Crippen molar-refractivity contribution in [3.05, 3.63) is 59.9 Å². The van der Waals surface area contributed by atoms with Gasteiger partial charge in [-0.3, -0.25) is 9.78 Å². The summed E-state index contributed by atoms with van der Waals surface area (Å²) in [6.45, 7) is 1.87. The summed E-state index contributed by atoms with van der Waals surface area (Å²) in [4.78, 5) is 16.5.